The number of hydrogen-bond acceptors (Lipinski definition) is 5. The maximum absolute atomic E-state index is 11.1. The van der Waals surface area contributed by atoms with Crippen LogP contribution in [-0.4, -0.2) is 24.8 Å². The van der Waals surface area contributed by atoms with Crippen LogP contribution in [0.1, 0.15) is 13.8 Å². The van der Waals surface area contributed by atoms with E-state index in [4.69, 9.17) is 10.5 Å². The molecule has 1 aliphatic rings. The minimum Gasteiger partial charge on any atom is -0.451 e. The highest BCUT2D eigenvalue weighted by Crippen LogP contribution is 2.15. The predicted octanol–water partition coefficient (Wildman–Crippen LogP) is -0.152. The van der Waals surface area contributed by atoms with Crippen molar-refractivity contribution in [2.24, 2.45) is 5.73 Å². The highest BCUT2D eigenvalue weighted by atomic mass is 16.6. The molecule has 0 spiro atoms. The van der Waals surface area contributed by atoms with E-state index in [0.717, 1.165) is 0 Å². The molecule has 0 bridgehead atoms. The van der Waals surface area contributed by atoms with Crippen LogP contribution in [0, 0.1) is 0 Å². The molecule has 1 aliphatic heterocycles. The fourth-order valence-electron chi connectivity index (χ4n) is 0.997. The van der Waals surface area contributed by atoms with Crippen molar-refractivity contribution in [3.63, 3.8) is 0 Å². The number of carbonyl (C=O) groups excluding carboxylic acids is 2. The van der Waals surface area contributed by atoms with E-state index < -0.39 is 18.2 Å². The molecule has 1 heterocycles. The summed E-state index contributed by atoms with van der Waals surface area (Å²) >= 11 is 0. The van der Waals surface area contributed by atoms with Gasteiger partial charge in [0.25, 0.3) is 0 Å². The van der Waals surface area contributed by atoms with E-state index in [9.17, 15) is 9.59 Å². The summed E-state index contributed by atoms with van der Waals surface area (Å²) in [6, 6.07) is 0. The average Bonchev–Trinajstić information content (AvgIpc) is 2.33. The van der Waals surface area contributed by atoms with Crippen molar-refractivity contribution in [1.82, 2.24) is 5.32 Å². The molecule has 0 fully saturated rings. The van der Waals surface area contributed by atoms with Crippen LogP contribution in [0.25, 0.3) is 0 Å². The standard InChI is InChI=1S/C8H12N2O4/c1-3-13-8(12)10-6-5(9)4(2)14-7(6)11/h4H,3,9H2,1-2H3,(H,10,12). The molecular formula is C8H12N2O4. The quantitative estimate of drug-likeness (QED) is 0.605. The second-order valence-corrected chi connectivity index (χ2v) is 2.72. The van der Waals surface area contributed by atoms with Gasteiger partial charge in [-0.25, -0.2) is 9.59 Å². The molecule has 6 nitrogen and oxygen atoms in total. The molecule has 0 saturated carbocycles. The molecule has 0 aromatic carbocycles. The third-order valence-electron chi connectivity index (χ3n) is 1.72. The predicted molar refractivity (Wildman–Crippen MR) is 46.9 cm³/mol. The minimum absolute atomic E-state index is 0.0315. The first-order valence-corrected chi connectivity index (χ1v) is 4.20. The van der Waals surface area contributed by atoms with Gasteiger partial charge >= 0.3 is 12.1 Å². The summed E-state index contributed by atoms with van der Waals surface area (Å²) in [6.07, 6.45) is -1.21. The molecule has 0 aromatic rings. The van der Waals surface area contributed by atoms with Gasteiger partial charge in [-0.05, 0) is 13.8 Å². The van der Waals surface area contributed by atoms with Gasteiger partial charge in [-0.3, -0.25) is 5.32 Å². The van der Waals surface area contributed by atoms with Crippen molar-refractivity contribution in [1.29, 1.82) is 0 Å². The van der Waals surface area contributed by atoms with Crippen LogP contribution < -0.4 is 11.1 Å². The number of rotatable bonds is 2. The number of esters is 1. The van der Waals surface area contributed by atoms with Gasteiger partial charge in [0.15, 0.2) is 5.70 Å². The fraction of sp³-hybridized carbons (Fsp3) is 0.500. The Bertz CT molecular complexity index is 298. The summed E-state index contributed by atoms with van der Waals surface area (Å²) in [5.74, 6) is -0.636. The normalized spacial score (nSPS) is 20.7. The summed E-state index contributed by atoms with van der Waals surface area (Å²) in [6.45, 7) is 3.50. The summed E-state index contributed by atoms with van der Waals surface area (Å²) in [4.78, 5) is 22.1. The Morgan fingerprint density at radius 3 is 2.79 bits per heavy atom. The first kappa shape index (κ1) is 10.4. The topological polar surface area (TPSA) is 90.7 Å². The number of alkyl carbamates (subject to hydrolysis) is 1. The van der Waals surface area contributed by atoms with Crippen molar-refractivity contribution < 1.29 is 19.1 Å². The van der Waals surface area contributed by atoms with E-state index in [-0.39, 0.29) is 18.0 Å². The second kappa shape index (κ2) is 3.99. The largest absolute Gasteiger partial charge is 0.451 e. The molecule has 3 N–H and O–H groups in total. The third-order valence-corrected chi connectivity index (χ3v) is 1.72. The van der Waals surface area contributed by atoms with Gasteiger partial charge in [0, 0.05) is 0 Å². The first-order valence-electron chi connectivity index (χ1n) is 4.20. The molecular weight excluding hydrogens is 188 g/mol. The number of cyclic esters (lactones) is 1. The second-order valence-electron chi connectivity index (χ2n) is 2.72. The van der Waals surface area contributed by atoms with Gasteiger partial charge < -0.3 is 15.2 Å². The first-order chi connectivity index (χ1) is 6.56. The molecule has 0 aliphatic carbocycles. The lowest BCUT2D eigenvalue weighted by atomic mass is 10.3. The molecule has 6 heteroatoms. The lowest BCUT2D eigenvalue weighted by Crippen LogP contribution is -2.28. The van der Waals surface area contributed by atoms with Crippen molar-refractivity contribution in [2.75, 3.05) is 6.61 Å². The summed E-state index contributed by atoms with van der Waals surface area (Å²) in [5, 5.41) is 2.23. The SMILES string of the molecule is CCOC(=O)NC1=C(N)C(C)OC1=O. The van der Waals surface area contributed by atoms with Gasteiger partial charge in [-0.2, -0.15) is 0 Å². The number of carbonyl (C=O) groups is 2. The van der Waals surface area contributed by atoms with Crippen LogP contribution in [0.5, 0.6) is 0 Å². The molecule has 1 amide bonds. The number of ether oxygens (including phenoxy) is 2. The molecule has 1 rings (SSSR count). The van der Waals surface area contributed by atoms with E-state index in [1.54, 1.807) is 13.8 Å². The third kappa shape index (κ3) is 1.95. The van der Waals surface area contributed by atoms with Crippen LogP contribution in [-0.2, 0) is 14.3 Å². The number of nitrogens with one attached hydrogen (secondary N) is 1. The number of nitrogens with two attached hydrogens (primary N) is 1. The van der Waals surface area contributed by atoms with Crippen molar-refractivity contribution in [2.45, 2.75) is 20.0 Å². The van der Waals surface area contributed by atoms with Crippen LogP contribution in [0.3, 0.4) is 0 Å². The van der Waals surface area contributed by atoms with Crippen LogP contribution in [0.4, 0.5) is 4.79 Å². The zero-order valence-electron chi connectivity index (χ0n) is 7.99. The zero-order valence-corrected chi connectivity index (χ0v) is 7.99. The van der Waals surface area contributed by atoms with Crippen molar-refractivity contribution in [3.05, 3.63) is 11.4 Å². The Kier molecular flexibility index (Phi) is 2.95. The van der Waals surface area contributed by atoms with E-state index in [0.29, 0.717) is 0 Å². The summed E-state index contributed by atoms with van der Waals surface area (Å²) in [5.41, 5.74) is 5.70. The molecule has 14 heavy (non-hydrogen) atoms. The number of hydrogen-bond donors (Lipinski definition) is 2. The zero-order chi connectivity index (χ0) is 10.7. The van der Waals surface area contributed by atoms with E-state index >= 15 is 0 Å². The molecule has 78 valence electrons. The Hall–Kier alpha value is -1.72. The molecule has 0 aromatic heterocycles. The van der Waals surface area contributed by atoms with Gasteiger partial charge in [-0.1, -0.05) is 0 Å². The minimum atomic E-state index is -0.712. The summed E-state index contributed by atoms with van der Waals surface area (Å²) < 4.78 is 9.34. The lowest BCUT2D eigenvalue weighted by Gasteiger charge is -2.03. The maximum atomic E-state index is 11.1. The van der Waals surface area contributed by atoms with Crippen LogP contribution in [0.2, 0.25) is 0 Å². The molecule has 1 unspecified atom stereocenters. The van der Waals surface area contributed by atoms with Gasteiger partial charge in [0.05, 0.1) is 12.3 Å². The van der Waals surface area contributed by atoms with Gasteiger partial charge in [0.1, 0.15) is 6.10 Å². The average molecular weight is 200 g/mol. The smallest absolute Gasteiger partial charge is 0.411 e. The molecule has 0 saturated heterocycles. The Balaban J connectivity index is 2.68. The lowest BCUT2D eigenvalue weighted by molar-refractivity contribution is -0.139. The monoisotopic (exact) mass is 200 g/mol. The van der Waals surface area contributed by atoms with Gasteiger partial charge in [-0.15, -0.1) is 0 Å². The maximum Gasteiger partial charge on any atom is 0.411 e. The fourth-order valence-corrected chi connectivity index (χ4v) is 0.997. The van der Waals surface area contributed by atoms with Crippen molar-refractivity contribution >= 4 is 12.1 Å². The molecule has 0 radical (unpaired) electrons. The van der Waals surface area contributed by atoms with Crippen LogP contribution in [0.15, 0.2) is 11.4 Å². The van der Waals surface area contributed by atoms with Gasteiger partial charge in [0.2, 0.25) is 0 Å². The number of amides is 1. The highest BCUT2D eigenvalue weighted by molar-refractivity contribution is 5.95. The van der Waals surface area contributed by atoms with E-state index in [2.05, 4.69) is 10.1 Å². The van der Waals surface area contributed by atoms with Crippen LogP contribution >= 0.6 is 0 Å². The molecule has 1 atom stereocenters. The summed E-state index contributed by atoms with van der Waals surface area (Å²) in [7, 11) is 0. The van der Waals surface area contributed by atoms with E-state index in [1.165, 1.54) is 0 Å². The Morgan fingerprint density at radius 1 is 1.71 bits per heavy atom. The highest BCUT2D eigenvalue weighted by Gasteiger charge is 2.30. The Labute approximate surface area is 81.0 Å². The van der Waals surface area contributed by atoms with Crippen molar-refractivity contribution in [3.8, 4) is 0 Å². The van der Waals surface area contributed by atoms with E-state index in [1.807, 2.05) is 0 Å². The Morgan fingerprint density at radius 2 is 2.36 bits per heavy atom.